The number of nitrogens with zero attached hydrogens (tertiary/aromatic N) is 1. The molecule has 0 spiro atoms. The molecular weight excluding hydrogens is 368 g/mol. The molecule has 0 unspecified atom stereocenters. The summed E-state index contributed by atoms with van der Waals surface area (Å²) in [7, 11) is 0. The number of anilines is 1. The lowest BCUT2D eigenvalue weighted by atomic mass is 10.2. The number of hydrogen-bond acceptors (Lipinski definition) is 6. The van der Waals surface area contributed by atoms with Crippen LogP contribution in [0.1, 0.15) is 10.4 Å². The number of non-ortho nitro benzene ring substituents is 1. The SMILES string of the molecule is CSc1ccc(C(=O)OCC(=O)Nc2ccc([N+](=O)[O-])cc2Cl)cc1. The van der Waals surface area contributed by atoms with Crippen molar-refractivity contribution in [3.05, 3.63) is 63.2 Å². The molecule has 2 aromatic rings. The second-order valence-electron chi connectivity index (χ2n) is 4.77. The van der Waals surface area contributed by atoms with E-state index in [1.807, 2.05) is 6.26 Å². The van der Waals surface area contributed by atoms with E-state index >= 15 is 0 Å². The predicted molar refractivity (Wildman–Crippen MR) is 95.2 cm³/mol. The first-order chi connectivity index (χ1) is 11.9. The summed E-state index contributed by atoms with van der Waals surface area (Å²) in [5, 5.41) is 13.1. The Kier molecular flexibility index (Phi) is 6.37. The number of esters is 1. The highest BCUT2D eigenvalue weighted by Crippen LogP contribution is 2.26. The number of halogens is 1. The van der Waals surface area contributed by atoms with Crippen LogP contribution >= 0.6 is 23.4 Å². The molecule has 0 aliphatic heterocycles. The molecule has 2 rings (SSSR count). The van der Waals surface area contributed by atoms with Crippen LogP contribution in [0.15, 0.2) is 47.4 Å². The van der Waals surface area contributed by atoms with Crippen molar-refractivity contribution in [2.24, 2.45) is 0 Å². The van der Waals surface area contributed by atoms with Crippen LogP contribution in [0.4, 0.5) is 11.4 Å². The number of carbonyl (C=O) groups is 2. The van der Waals surface area contributed by atoms with Gasteiger partial charge in [0, 0.05) is 17.0 Å². The first kappa shape index (κ1) is 18.8. The molecule has 130 valence electrons. The number of ether oxygens (including phenoxy) is 1. The maximum Gasteiger partial charge on any atom is 0.338 e. The standard InChI is InChI=1S/C16H13ClN2O5S/c1-25-12-5-2-10(3-6-12)16(21)24-9-15(20)18-14-7-4-11(19(22)23)8-13(14)17/h2-8H,9H2,1H3,(H,18,20). The zero-order valence-electron chi connectivity index (χ0n) is 13.0. The molecule has 1 N–H and O–H groups in total. The van der Waals surface area contributed by atoms with Gasteiger partial charge in [-0.05, 0) is 36.6 Å². The van der Waals surface area contributed by atoms with Crippen molar-refractivity contribution in [3.63, 3.8) is 0 Å². The third-order valence-electron chi connectivity index (χ3n) is 3.10. The van der Waals surface area contributed by atoms with Crippen LogP contribution in [0.3, 0.4) is 0 Å². The minimum absolute atomic E-state index is 0.0153. The maximum absolute atomic E-state index is 11.9. The lowest BCUT2D eigenvalue weighted by Gasteiger charge is -2.08. The number of nitrogens with one attached hydrogen (secondary N) is 1. The maximum atomic E-state index is 11.9. The molecule has 0 fully saturated rings. The van der Waals surface area contributed by atoms with Gasteiger partial charge >= 0.3 is 5.97 Å². The number of hydrogen-bond donors (Lipinski definition) is 1. The van der Waals surface area contributed by atoms with E-state index in [0.717, 1.165) is 11.0 Å². The van der Waals surface area contributed by atoms with Crippen LogP contribution in [0.5, 0.6) is 0 Å². The Bertz CT molecular complexity index is 811. The number of carbonyl (C=O) groups excluding carboxylic acids is 2. The first-order valence-corrected chi connectivity index (χ1v) is 8.56. The second-order valence-corrected chi connectivity index (χ2v) is 6.06. The highest BCUT2D eigenvalue weighted by molar-refractivity contribution is 7.98. The molecule has 0 saturated heterocycles. The minimum Gasteiger partial charge on any atom is -0.452 e. The van der Waals surface area contributed by atoms with Gasteiger partial charge in [0.25, 0.3) is 11.6 Å². The Morgan fingerprint density at radius 1 is 1.24 bits per heavy atom. The lowest BCUT2D eigenvalue weighted by molar-refractivity contribution is -0.384. The van der Waals surface area contributed by atoms with E-state index in [2.05, 4.69) is 5.32 Å². The first-order valence-electron chi connectivity index (χ1n) is 6.95. The van der Waals surface area contributed by atoms with Crippen molar-refractivity contribution in [3.8, 4) is 0 Å². The van der Waals surface area contributed by atoms with E-state index < -0.39 is 23.4 Å². The van der Waals surface area contributed by atoms with Crippen LogP contribution in [-0.4, -0.2) is 29.7 Å². The van der Waals surface area contributed by atoms with Gasteiger partial charge in [0.1, 0.15) is 0 Å². The monoisotopic (exact) mass is 380 g/mol. The summed E-state index contributed by atoms with van der Waals surface area (Å²) in [5.41, 5.74) is 0.333. The summed E-state index contributed by atoms with van der Waals surface area (Å²) in [6.45, 7) is -0.504. The number of amides is 1. The summed E-state index contributed by atoms with van der Waals surface area (Å²) in [6, 6.07) is 10.4. The van der Waals surface area contributed by atoms with Gasteiger partial charge in [-0.2, -0.15) is 0 Å². The summed E-state index contributed by atoms with van der Waals surface area (Å²) < 4.78 is 4.93. The lowest BCUT2D eigenvalue weighted by Crippen LogP contribution is -2.21. The van der Waals surface area contributed by atoms with Crippen molar-refractivity contribution >= 4 is 46.6 Å². The van der Waals surface area contributed by atoms with Crippen LogP contribution in [0.2, 0.25) is 5.02 Å². The molecule has 25 heavy (non-hydrogen) atoms. The van der Waals surface area contributed by atoms with Gasteiger partial charge in [0.2, 0.25) is 0 Å². The fourth-order valence-electron chi connectivity index (χ4n) is 1.85. The summed E-state index contributed by atoms with van der Waals surface area (Å²) >= 11 is 7.42. The number of nitro benzene ring substituents is 1. The largest absolute Gasteiger partial charge is 0.452 e. The van der Waals surface area contributed by atoms with Gasteiger partial charge in [0.05, 0.1) is 21.2 Å². The molecule has 0 aromatic heterocycles. The van der Waals surface area contributed by atoms with Crippen molar-refractivity contribution in [2.75, 3.05) is 18.2 Å². The third kappa shape index (κ3) is 5.20. The Hall–Kier alpha value is -2.58. The van der Waals surface area contributed by atoms with Gasteiger partial charge in [-0.3, -0.25) is 14.9 Å². The summed E-state index contributed by atoms with van der Waals surface area (Å²) in [5.74, 6) is -1.23. The van der Waals surface area contributed by atoms with Gasteiger partial charge in [0.15, 0.2) is 6.61 Å². The molecule has 1 amide bonds. The number of rotatable bonds is 6. The van der Waals surface area contributed by atoms with E-state index in [1.54, 1.807) is 36.0 Å². The van der Waals surface area contributed by atoms with E-state index in [4.69, 9.17) is 16.3 Å². The molecule has 2 aromatic carbocycles. The van der Waals surface area contributed by atoms with Gasteiger partial charge in [-0.25, -0.2) is 4.79 Å². The van der Waals surface area contributed by atoms with E-state index in [0.29, 0.717) is 5.56 Å². The normalized spacial score (nSPS) is 10.2. The molecule has 0 heterocycles. The molecule has 0 bridgehead atoms. The number of benzene rings is 2. The van der Waals surface area contributed by atoms with Crippen molar-refractivity contribution in [1.82, 2.24) is 0 Å². The van der Waals surface area contributed by atoms with E-state index in [1.165, 1.54) is 12.1 Å². The Morgan fingerprint density at radius 2 is 1.92 bits per heavy atom. The van der Waals surface area contributed by atoms with Crippen LogP contribution in [0, 0.1) is 10.1 Å². The average molecular weight is 381 g/mol. The average Bonchev–Trinajstić information content (AvgIpc) is 2.61. The highest BCUT2D eigenvalue weighted by atomic mass is 35.5. The summed E-state index contributed by atoms with van der Waals surface area (Å²) in [4.78, 5) is 34.8. The predicted octanol–water partition coefficient (Wildman–Crippen LogP) is 3.77. The van der Waals surface area contributed by atoms with Gasteiger partial charge in [-0.1, -0.05) is 11.6 Å². The molecule has 7 nitrogen and oxygen atoms in total. The van der Waals surface area contributed by atoms with E-state index in [-0.39, 0.29) is 16.4 Å². The fourth-order valence-corrected chi connectivity index (χ4v) is 2.48. The Balaban J connectivity index is 1.91. The highest BCUT2D eigenvalue weighted by Gasteiger charge is 2.14. The molecular formula is C16H13ClN2O5S. The third-order valence-corrected chi connectivity index (χ3v) is 4.15. The summed E-state index contributed by atoms with van der Waals surface area (Å²) in [6.07, 6.45) is 1.92. The topological polar surface area (TPSA) is 98.5 Å². The van der Waals surface area contributed by atoms with Crippen LogP contribution in [0.25, 0.3) is 0 Å². The second kappa shape index (κ2) is 8.50. The molecule has 0 atom stereocenters. The van der Waals surface area contributed by atoms with Gasteiger partial charge < -0.3 is 10.1 Å². The molecule has 0 aliphatic rings. The zero-order chi connectivity index (χ0) is 18.4. The van der Waals surface area contributed by atoms with Crippen molar-refractivity contribution < 1.29 is 19.2 Å². The number of thioether (sulfide) groups is 1. The fraction of sp³-hybridized carbons (Fsp3) is 0.125. The molecule has 9 heteroatoms. The van der Waals surface area contributed by atoms with Crippen LogP contribution in [-0.2, 0) is 9.53 Å². The quantitative estimate of drug-likeness (QED) is 0.354. The Morgan fingerprint density at radius 3 is 2.48 bits per heavy atom. The minimum atomic E-state index is -0.627. The molecule has 0 radical (unpaired) electrons. The molecule has 0 aliphatic carbocycles. The van der Waals surface area contributed by atoms with Crippen molar-refractivity contribution in [1.29, 1.82) is 0 Å². The van der Waals surface area contributed by atoms with Crippen LogP contribution < -0.4 is 5.32 Å². The van der Waals surface area contributed by atoms with Crippen molar-refractivity contribution in [2.45, 2.75) is 4.90 Å². The van der Waals surface area contributed by atoms with E-state index in [9.17, 15) is 19.7 Å². The zero-order valence-corrected chi connectivity index (χ0v) is 14.6. The molecule has 0 saturated carbocycles. The number of nitro groups is 1. The smallest absolute Gasteiger partial charge is 0.338 e. The van der Waals surface area contributed by atoms with Gasteiger partial charge in [-0.15, -0.1) is 11.8 Å². The Labute approximate surface area is 152 Å².